The van der Waals surface area contributed by atoms with Crippen molar-refractivity contribution in [2.24, 2.45) is 0 Å². The maximum absolute atomic E-state index is 12.5. The molecule has 2 aromatic carbocycles. The average molecular weight is 334 g/mol. The number of aromatic nitrogens is 1. The van der Waals surface area contributed by atoms with Crippen LogP contribution in [-0.4, -0.2) is 13.4 Å². The van der Waals surface area contributed by atoms with Gasteiger partial charge >= 0.3 is 0 Å². The number of nitrogen functional groups attached to an aromatic ring is 1. The van der Waals surface area contributed by atoms with Gasteiger partial charge in [0.15, 0.2) is 0 Å². The van der Waals surface area contributed by atoms with E-state index in [0.29, 0.717) is 21.6 Å². The minimum absolute atomic E-state index is 0.0223. The first-order valence-corrected chi connectivity index (χ1v) is 8.26. The summed E-state index contributed by atoms with van der Waals surface area (Å²) in [6.45, 7) is 0. The van der Waals surface area contributed by atoms with Gasteiger partial charge in [0.2, 0.25) is 0 Å². The quantitative estimate of drug-likeness (QED) is 0.720. The number of para-hydroxylation sites is 1. The van der Waals surface area contributed by atoms with Gasteiger partial charge < -0.3 is 5.73 Å². The second kappa shape index (κ2) is 5.47. The third kappa shape index (κ3) is 2.58. The number of halogens is 1. The number of sulfonamides is 1. The van der Waals surface area contributed by atoms with E-state index in [1.165, 1.54) is 12.1 Å². The standard InChI is InChI=1S/C15H12ClN3O2S/c16-11-7-8-13(15-10(11)4-3-9-18-15)19-22(20,21)14-6-2-1-5-12(14)17/h1-9,19H,17H2. The largest absolute Gasteiger partial charge is 0.398 e. The van der Waals surface area contributed by atoms with Crippen molar-refractivity contribution in [3.63, 3.8) is 0 Å². The second-order valence-corrected chi connectivity index (χ2v) is 6.70. The van der Waals surface area contributed by atoms with Crippen LogP contribution in [0.4, 0.5) is 11.4 Å². The molecule has 0 saturated heterocycles. The first-order chi connectivity index (χ1) is 10.5. The molecule has 1 aromatic heterocycles. The van der Waals surface area contributed by atoms with Crippen LogP contribution in [0.5, 0.6) is 0 Å². The summed E-state index contributed by atoms with van der Waals surface area (Å²) in [4.78, 5) is 4.22. The minimum Gasteiger partial charge on any atom is -0.398 e. The van der Waals surface area contributed by atoms with Gasteiger partial charge in [-0.15, -0.1) is 0 Å². The van der Waals surface area contributed by atoms with Gasteiger partial charge in [0.1, 0.15) is 4.90 Å². The molecule has 0 aliphatic heterocycles. The fourth-order valence-corrected chi connectivity index (χ4v) is 3.56. The van der Waals surface area contributed by atoms with Crippen molar-refractivity contribution in [1.29, 1.82) is 0 Å². The third-order valence-electron chi connectivity index (χ3n) is 3.17. The van der Waals surface area contributed by atoms with E-state index in [2.05, 4.69) is 9.71 Å². The number of nitrogens with zero attached hydrogens (tertiary/aromatic N) is 1. The van der Waals surface area contributed by atoms with Crippen molar-refractivity contribution in [2.45, 2.75) is 4.90 Å². The molecule has 7 heteroatoms. The Balaban J connectivity index is 2.11. The highest BCUT2D eigenvalue weighted by molar-refractivity contribution is 7.93. The van der Waals surface area contributed by atoms with Gasteiger partial charge in [-0.05, 0) is 36.4 Å². The maximum atomic E-state index is 12.5. The smallest absolute Gasteiger partial charge is 0.264 e. The predicted molar refractivity (Wildman–Crippen MR) is 88.4 cm³/mol. The third-order valence-corrected chi connectivity index (χ3v) is 4.94. The highest BCUT2D eigenvalue weighted by atomic mass is 35.5. The molecule has 0 atom stereocenters. The Hall–Kier alpha value is -2.31. The number of pyridine rings is 1. The first kappa shape index (κ1) is 14.6. The fourth-order valence-electron chi connectivity index (χ4n) is 2.15. The van der Waals surface area contributed by atoms with Crippen molar-refractivity contribution in [1.82, 2.24) is 4.98 Å². The Bertz CT molecular complexity index is 958. The van der Waals surface area contributed by atoms with Crippen LogP contribution in [0.25, 0.3) is 10.9 Å². The van der Waals surface area contributed by atoms with Gasteiger partial charge in [-0.1, -0.05) is 23.7 Å². The molecule has 0 aliphatic carbocycles. The van der Waals surface area contributed by atoms with Gasteiger partial charge in [-0.3, -0.25) is 9.71 Å². The molecule has 0 radical (unpaired) electrons. The Morgan fingerprint density at radius 2 is 1.82 bits per heavy atom. The molecule has 0 unspecified atom stereocenters. The topological polar surface area (TPSA) is 85.1 Å². The second-order valence-electron chi connectivity index (χ2n) is 4.64. The van der Waals surface area contributed by atoms with E-state index in [9.17, 15) is 8.42 Å². The van der Waals surface area contributed by atoms with Crippen LogP contribution in [0, 0.1) is 0 Å². The molecule has 1 heterocycles. The van der Waals surface area contributed by atoms with Crippen LogP contribution in [0.1, 0.15) is 0 Å². The van der Waals surface area contributed by atoms with E-state index in [0.717, 1.165) is 0 Å². The Labute approximate surface area is 132 Å². The van der Waals surface area contributed by atoms with Crippen LogP contribution >= 0.6 is 11.6 Å². The number of rotatable bonds is 3. The molecule has 22 heavy (non-hydrogen) atoms. The monoisotopic (exact) mass is 333 g/mol. The molecule has 5 nitrogen and oxygen atoms in total. The van der Waals surface area contributed by atoms with Crippen molar-refractivity contribution < 1.29 is 8.42 Å². The Kier molecular flexibility index (Phi) is 3.64. The molecule has 112 valence electrons. The van der Waals surface area contributed by atoms with Crippen LogP contribution in [0.15, 0.2) is 59.6 Å². The summed E-state index contributed by atoms with van der Waals surface area (Å²) in [5.74, 6) is 0. The molecule has 0 spiro atoms. The molecule has 0 bridgehead atoms. The first-order valence-electron chi connectivity index (χ1n) is 6.39. The molecule has 3 aromatic rings. The normalized spacial score (nSPS) is 11.5. The summed E-state index contributed by atoms with van der Waals surface area (Å²) >= 11 is 6.11. The summed E-state index contributed by atoms with van der Waals surface area (Å²) in [5.41, 5.74) is 6.75. The van der Waals surface area contributed by atoms with Gasteiger partial charge in [0.05, 0.1) is 21.9 Å². The van der Waals surface area contributed by atoms with Crippen molar-refractivity contribution in [2.75, 3.05) is 10.5 Å². The molecular weight excluding hydrogens is 322 g/mol. The summed E-state index contributed by atoms with van der Waals surface area (Å²) < 4.78 is 27.5. The van der Waals surface area contributed by atoms with Crippen molar-refractivity contribution in [3.05, 3.63) is 59.8 Å². The Morgan fingerprint density at radius 1 is 1.05 bits per heavy atom. The van der Waals surface area contributed by atoms with Gasteiger partial charge in [0, 0.05) is 11.6 Å². The molecule has 0 amide bonds. The van der Waals surface area contributed by atoms with Crippen molar-refractivity contribution in [3.8, 4) is 0 Å². The molecule has 3 rings (SSSR count). The minimum atomic E-state index is -3.81. The average Bonchev–Trinajstić information content (AvgIpc) is 2.50. The highest BCUT2D eigenvalue weighted by Gasteiger charge is 2.18. The van der Waals surface area contributed by atoms with Gasteiger partial charge in [-0.2, -0.15) is 0 Å². The lowest BCUT2D eigenvalue weighted by Gasteiger charge is -2.12. The number of nitrogens with one attached hydrogen (secondary N) is 1. The summed E-state index contributed by atoms with van der Waals surface area (Å²) in [6.07, 6.45) is 1.58. The summed E-state index contributed by atoms with van der Waals surface area (Å²) in [6, 6.07) is 13.0. The lowest BCUT2D eigenvalue weighted by atomic mass is 10.2. The van der Waals surface area contributed by atoms with Gasteiger partial charge in [0.25, 0.3) is 10.0 Å². The van der Waals surface area contributed by atoms with E-state index in [4.69, 9.17) is 17.3 Å². The van der Waals surface area contributed by atoms with Crippen LogP contribution in [0.2, 0.25) is 5.02 Å². The fraction of sp³-hybridized carbons (Fsp3) is 0. The lowest BCUT2D eigenvalue weighted by molar-refractivity contribution is 0.601. The van der Waals surface area contributed by atoms with Crippen LogP contribution in [0.3, 0.4) is 0 Å². The number of benzene rings is 2. The number of anilines is 2. The van der Waals surface area contributed by atoms with Crippen LogP contribution in [-0.2, 0) is 10.0 Å². The Morgan fingerprint density at radius 3 is 2.59 bits per heavy atom. The lowest BCUT2D eigenvalue weighted by Crippen LogP contribution is -2.15. The maximum Gasteiger partial charge on any atom is 0.264 e. The molecule has 0 aliphatic rings. The van der Waals surface area contributed by atoms with Gasteiger partial charge in [-0.25, -0.2) is 8.42 Å². The number of fused-ring (bicyclic) bond motifs is 1. The van der Waals surface area contributed by atoms with E-state index >= 15 is 0 Å². The number of hydrogen-bond acceptors (Lipinski definition) is 4. The van der Waals surface area contributed by atoms with Crippen LogP contribution < -0.4 is 10.5 Å². The zero-order valence-electron chi connectivity index (χ0n) is 11.3. The predicted octanol–water partition coefficient (Wildman–Crippen LogP) is 3.27. The summed E-state index contributed by atoms with van der Waals surface area (Å²) in [5, 5.41) is 1.18. The molecular formula is C15H12ClN3O2S. The highest BCUT2D eigenvalue weighted by Crippen LogP contribution is 2.30. The summed E-state index contributed by atoms with van der Waals surface area (Å²) in [7, 11) is -3.81. The zero-order valence-corrected chi connectivity index (χ0v) is 12.9. The van der Waals surface area contributed by atoms with E-state index < -0.39 is 10.0 Å². The van der Waals surface area contributed by atoms with E-state index in [1.807, 2.05) is 0 Å². The number of hydrogen-bond donors (Lipinski definition) is 2. The van der Waals surface area contributed by atoms with E-state index in [-0.39, 0.29) is 10.6 Å². The van der Waals surface area contributed by atoms with E-state index in [1.54, 1.807) is 42.6 Å². The molecule has 3 N–H and O–H groups in total. The molecule has 0 saturated carbocycles. The van der Waals surface area contributed by atoms with Crippen molar-refractivity contribution >= 4 is 43.9 Å². The molecule has 0 fully saturated rings. The SMILES string of the molecule is Nc1ccccc1S(=O)(=O)Nc1ccc(Cl)c2cccnc12. The zero-order chi connectivity index (χ0) is 15.7. The number of nitrogens with two attached hydrogens (primary N) is 1.